The molecule has 2 aliphatic heterocycles. The molecular formula is C23H31ClFN3O4. The molecule has 2 heterocycles. The van der Waals surface area contributed by atoms with Crippen molar-refractivity contribution in [3.8, 4) is 0 Å². The molecular weight excluding hydrogens is 437 g/mol. The lowest BCUT2D eigenvalue weighted by Gasteiger charge is -2.36. The SMILES string of the molecule is C[C@H]1C[C@@H](O)CN(C[C@H](O)CN2CCN(C(=O)C=Cc3ccc(F)c(Cl)c3)CCC2=O)C1. The van der Waals surface area contributed by atoms with E-state index in [1.54, 1.807) is 15.9 Å². The van der Waals surface area contributed by atoms with Gasteiger partial charge in [-0.05, 0) is 36.1 Å². The second-order valence-electron chi connectivity index (χ2n) is 8.79. The van der Waals surface area contributed by atoms with Crippen LogP contribution < -0.4 is 0 Å². The zero-order chi connectivity index (χ0) is 23.3. The number of rotatable bonds is 6. The number of halogens is 2. The summed E-state index contributed by atoms with van der Waals surface area (Å²) in [6.07, 6.45) is 2.81. The highest BCUT2D eigenvalue weighted by Gasteiger charge is 2.28. The maximum Gasteiger partial charge on any atom is 0.246 e. The number of benzene rings is 1. The molecule has 9 heteroatoms. The predicted octanol–water partition coefficient (Wildman–Crippen LogP) is 1.62. The van der Waals surface area contributed by atoms with E-state index in [0.717, 1.165) is 13.0 Å². The Morgan fingerprint density at radius 2 is 2.06 bits per heavy atom. The van der Waals surface area contributed by atoms with Gasteiger partial charge in [-0.1, -0.05) is 24.6 Å². The number of carbonyl (C=O) groups excluding carboxylic acids is 2. The van der Waals surface area contributed by atoms with Crippen molar-refractivity contribution >= 4 is 29.5 Å². The number of aliphatic hydroxyl groups excluding tert-OH is 2. The predicted molar refractivity (Wildman–Crippen MR) is 120 cm³/mol. The Labute approximate surface area is 193 Å². The summed E-state index contributed by atoms with van der Waals surface area (Å²) in [4.78, 5) is 30.3. The first-order chi connectivity index (χ1) is 15.2. The van der Waals surface area contributed by atoms with Gasteiger partial charge >= 0.3 is 0 Å². The molecule has 0 aliphatic carbocycles. The number of hydrogen-bond donors (Lipinski definition) is 2. The number of carbonyl (C=O) groups is 2. The Morgan fingerprint density at radius 1 is 1.28 bits per heavy atom. The second-order valence-corrected chi connectivity index (χ2v) is 9.20. The zero-order valence-electron chi connectivity index (χ0n) is 18.3. The molecule has 7 nitrogen and oxygen atoms in total. The lowest BCUT2D eigenvalue weighted by Crippen LogP contribution is -2.48. The van der Waals surface area contributed by atoms with Crippen LogP contribution in [-0.2, 0) is 9.59 Å². The Kier molecular flexibility index (Phi) is 8.64. The molecule has 2 fully saturated rings. The molecule has 0 bridgehead atoms. The van der Waals surface area contributed by atoms with Crippen LogP contribution in [0, 0.1) is 11.7 Å². The lowest BCUT2D eigenvalue weighted by molar-refractivity contribution is -0.132. The van der Waals surface area contributed by atoms with Gasteiger partial charge in [-0.3, -0.25) is 14.5 Å². The van der Waals surface area contributed by atoms with Crippen LogP contribution in [0.1, 0.15) is 25.3 Å². The minimum Gasteiger partial charge on any atom is -0.392 e. The third-order valence-corrected chi connectivity index (χ3v) is 6.16. The normalized spacial score (nSPS) is 24.1. The molecule has 3 rings (SSSR count). The van der Waals surface area contributed by atoms with E-state index in [-0.39, 0.29) is 35.9 Å². The number of likely N-dealkylation sites (tertiary alicyclic amines) is 1. The smallest absolute Gasteiger partial charge is 0.246 e. The zero-order valence-corrected chi connectivity index (χ0v) is 19.0. The average Bonchev–Trinajstić information content (AvgIpc) is 2.89. The van der Waals surface area contributed by atoms with E-state index in [9.17, 15) is 24.2 Å². The molecule has 1 aromatic carbocycles. The summed E-state index contributed by atoms with van der Waals surface area (Å²) in [5, 5.41) is 20.4. The van der Waals surface area contributed by atoms with Gasteiger partial charge < -0.3 is 20.0 Å². The van der Waals surface area contributed by atoms with E-state index >= 15 is 0 Å². The largest absolute Gasteiger partial charge is 0.392 e. The van der Waals surface area contributed by atoms with Gasteiger partial charge in [0.2, 0.25) is 11.8 Å². The Balaban J connectivity index is 1.51. The van der Waals surface area contributed by atoms with Gasteiger partial charge in [0.15, 0.2) is 0 Å². The van der Waals surface area contributed by atoms with Crippen molar-refractivity contribution in [1.29, 1.82) is 0 Å². The number of hydrogen-bond acceptors (Lipinski definition) is 5. The Hall–Kier alpha value is -2.00. The molecule has 32 heavy (non-hydrogen) atoms. The summed E-state index contributed by atoms with van der Waals surface area (Å²) in [6.45, 7) is 5.03. The van der Waals surface area contributed by atoms with E-state index in [1.807, 2.05) is 4.90 Å². The first-order valence-electron chi connectivity index (χ1n) is 11.0. The van der Waals surface area contributed by atoms with Gasteiger partial charge in [0.1, 0.15) is 5.82 Å². The number of aliphatic hydroxyl groups is 2. The molecule has 2 amide bonds. The molecule has 3 atom stereocenters. The van der Waals surface area contributed by atoms with Crippen molar-refractivity contribution in [3.63, 3.8) is 0 Å². The van der Waals surface area contributed by atoms with E-state index in [1.165, 1.54) is 24.3 Å². The van der Waals surface area contributed by atoms with Crippen molar-refractivity contribution in [2.45, 2.75) is 32.0 Å². The highest BCUT2D eigenvalue weighted by molar-refractivity contribution is 6.30. The van der Waals surface area contributed by atoms with Crippen LogP contribution in [0.5, 0.6) is 0 Å². The summed E-state index contributed by atoms with van der Waals surface area (Å²) >= 11 is 5.77. The summed E-state index contributed by atoms with van der Waals surface area (Å²) in [5.41, 5.74) is 0.609. The van der Waals surface area contributed by atoms with Crippen LogP contribution in [0.15, 0.2) is 24.3 Å². The van der Waals surface area contributed by atoms with Gasteiger partial charge in [0.05, 0.1) is 17.2 Å². The summed E-state index contributed by atoms with van der Waals surface area (Å²) in [6, 6.07) is 4.21. The fourth-order valence-corrected chi connectivity index (χ4v) is 4.54. The number of piperidine rings is 1. The standard InChI is InChI=1S/C23H31ClFN3O4/c1-16-10-18(29)13-26(12-16)14-19(30)15-28-9-8-27(7-6-23(28)32)22(31)5-3-17-2-4-21(25)20(24)11-17/h2-5,11,16,18-19,29-30H,6-10,12-15H2,1H3/t16-,18+,19-/m0/s1. The molecule has 1 aromatic rings. The Bertz CT molecular complexity index is 843. The van der Waals surface area contributed by atoms with Crippen molar-refractivity contribution in [2.75, 3.05) is 45.8 Å². The number of β-amino-alcohol motifs (C(OH)–C–C–N with tert-alkyl or cyclic N) is 2. The maximum atomic E-state index is 13.3. The van der Waals surface area contributed by atoms with E-state index in [4.69, 9.17) is 11.6 Å². The van der Waals surface area contributed by atoms with Crippen molar-refractivity contribution in [3.05, 3.63) is 40.7 Å². The quantitative estimate of drug-likeness (QED) is 0.621. The number of amides is 2. The van der Waals surface area contributed by atoms with Crippen LogP contribution in [0.4, 0.5) is 4.39 Å². The van der Waals surface area contributed by atoms with Crippen LogP contribution in [0.3, 0.4) is 0 Å². The third-order valence-electron chi connectivity index (χ3n) is 5.88. The van der Waals surface area contributed by atoms with Crippen molar-refractivity contribution < 1.29 is 24.2 Å². The first-order valence-corrected chi connectivity index (χ1v) is 11.4. The second kappa shape index (κ2) is 11.2. The van der Waals surface area contributed by atoms with E-state index < -0.39 is 11.9 Å². The van der Waals surface area contributed by atoms with Crippen LogP contribution >= 0.6 is 11.6 Å². The van der Waals surface area contributed by atoms with E-state index in [0.29, 0.717) is 44.2 Å². The molecule has 176 valence electrons. The fourth-order valence-electron chi connectivity index (χ4n) is 4.36. The minimum absolute atomic E-state index is 0.0114. The first kappa shape index (κ1) is 24.6. The molecule has 0 saturated carbocycles. The molecule has 0 radical (unpaired) electrons. The minimum atomic E-state index is -0.721. The topological polar surface area (TPSA) is 84.3 Å². The van der Waals surface area contributed by atoms with Crippen LogP contribution in [-0.4, -0.2) is 94.7 Å². The van der Waals surface area contributed by atoms with E-state index in [2.05, 4.69) is 6.92 Å². The van der Waals surface area contributed by atoms with Crippen LogP contribution in [0.25, 0.3) is 6.08 Å². The number of nitrogens with zero attached hydrogens (tertiary/aromatic N) is 3. The van der Waals surface area contributed by atoms with Gasteiger partial charge in [0, 0.05) is 58.3 Å². The van der Waals surface area contributed by atoms with Gasteiger partial charge in [-0.15, -0.1) is 0 Å². The molecule has 0 spiro atoms. The van der Waals surface area contributed by atoms with Gasteiger partial charge in [-0.2, -0.15) is 0 Å². The Morgan fingerprint density at radius 3 is 2.78 bits per heavy atom. The monoisotopic (exact) mass is 467 g/mol. The molecule has 0 aromatic heterocycles. The molecule has 2 aliphatic rings. The maximum absolute atomic E-state index is 13.3. The van der Waals surface area contributed by atoms with Gasteiger partial charge in [-0.25, -0.2) is 4.39 Å². The summed E-state index contributed by atoms with van der Waals surface area (Å²) in [7, 11) is 0. The molecule has 0 unspecified atom stereocenters. The highest BCUT2D eigenvalue weighted by Crippen LogP contribution is 2.18. The average molecular weight is 468 g/mol. The molecule has 2 saturated heterocycles. The van der Waals surface area contributed by atoms with Gasteiger partial charge in [0.25, 0.3) is 0 Å². The molecule has 2 N–H and O–H groups in total. The highest BCUT2D eigenvalue weighted by atomic mass is 35.5. The summed E-state index contributed by atoms with van der Waals surface area (Å²) < 4.78 is 13.3. The summed E-state index contributed by atoms with van der Waals surface area (Å²) in [5.74, 6) is -0.489. The lowest BCUT2D eigenvalue weighted by atomic mass is 9.98. The van der Waals surface area contributed by atoms with Crippen molar-refractivity contribution in [1.82, 2.24) is 14.7 Å². The van der Waals surface area contributed by atoms with Crippen LogP contribution in [0.2, 0.25) is 5.02 Å². The van der Waals surface area contributed by atoms with Crippen molar-refractivity contribution in [2.24, 2.45) is 5.92 Å². The fraction of sp³-hybridized carbons (Fsp3) is 0.565. The third kappa shape index (κ3) is 7.00.